The third-order valence-corrected chi connectivity index (χ3v) is 2.78. The van der Waals surface area contributed by atoms with Gasteiger partial charge in [-0.1, -0.05) is 13.0 Å². The molecule has 2 atom stereocenters. The van der Waals surface area contributed by atoms with Gasteiger partial charge in [-0.05, 0) is 0 Å². The predicted molar refractivity (Wildman–Crippen MR) is 53.4 cm³/mol. The molecular formula is C12H7F5O2. The van der Waals surface area contributed by atoms with Gasteiger partial charge in [0.2, 0.25) is 5.82 Å². The zero-order valence-electron chi connectivity index (χ0n) is 9.52. The molecule has 0 aromatic heterocycles. The van der Waals surface area contributed by atoms with Crippen LogP contribution >= 0.6 is 0 Å². The Morgan fingerprint density at radius 3 is 1.95 bits per heavy atom. The van der Waals surface area contributed by atoms with E-state index < -0.39 is 52.6 Å². The summed E-state index contributed by atoms with van der Waals surface area (Å²) in [6, 6.07) is 0. The summed E-state index contributed by atoms with van der Waals surface area (Å²) >= 11 is 0. The molecule has 19 heavy (non-hydrogen) atoms. The van der Waals surface area contributed by atoms with Gasteiger partial charge in [0.25, 0.3) is 0 Å². The monoisotopic (exact) mass is 278 g/mol. The highest BCUT2D eigenvalue weighted by Crippen LogP contribution is 2.36. The first-order chi connectivity index (χ1) is 8.84. The zero-order chi connectivity index (χ0) is 14.3. The van der Waals surface area contributed by atoms with Crippen molar-refractivity contribution >= 4 is 5.97 Å². The maximum atomic E-state index is 13.6. The van der Waals surface area contributed by atoms with Gasteiger partial charge >= 0.3 is 5.97 Å². The summed E-state index contributed by atoms with van der Waals surface area (Å²) in [6.45, 7) is 1.42. The first-order valence-corrected chi connectivity index (χ1v) is 5.24. The Kier molecular flexibility index (Phi) is 3.30. The van der Waals surface area contributed by atoms with Crippen LogP contribution in [0.2, 0.25) is 0 Å². The third kappa shape index (κ3) is 2.09. The van der Waals surface area contributed by atoms with Crippen LogP contribution in [0.4, 0.5) is 22.0 Å². The molecule has 2 nitrogen and oxygen atoms in total. The highest BCUT2D eigenvalue weighted by molar-refractivity contribution is 5.83. The minimum absolute atomic E-state index is 0.717. The van der Waals surface area contributed by atoms with Crippen LogP contribution in [0.5, 0.6) is 0 Å². The number of cyclic esters (lactones) is 1. The SMILES string of the molecule is C[C@H]1C=CC(=O)O[C@H]1c1c(F)c(F)c(F)c(F)c1F. The van der Waals surface area contributed by atoms with E-state index in [9.17, 15) is 26.7 Å². The van der Waals surface area contributed by atoms with Gasteiger partial charge in [0.1, 0.15) is 6.10 Å². The molecule has 1 aliphatic heterocycles. The Balaban J connectivity index is 2.63. The molecule has 0 bridgehead atoms. The van der Waals surface area contributed by atoms with Crippen molar-refractivity contribution in [3.05, 3.63) is 46.8 Å². The molecule has 0 fully saturated rings. The minimum atomic E-state index is -2.25. The normalized spacial score (nSPS) is 22.5. The van der Waals surface area contributed by atoms with Gasteiger partial charge in [-0.25, -0.2) is 26.7 Å². The molecule has 2 rings (SSSR count). The maximum absolute atomic E-state index is 13.6. The van der Waals surface area contributed by atoms with Crippen LogP contribution in [0.3, 0.4) is 0 Å². The molecule has 0 saturated heterocycles. The van der Waals surface area contributed by atoms with Crippen LogP contribution in [0.1, 0.15) is 18.6 Å². The summed E-state index contributed by atoms with van der Waals surface area (Å²) in [5.74, 6) is -12.0. The zero-order valence-corrected chi connectivity index (χ0v) is 9.52. The first-order valence-electron chi connectivity index (χ1n) is 5.24. The number of hydrogen-bond donors (Lipinski definition) is 0. The van der Waals surface area contributed by atoms with E-state index in [0.717, 1.165) is 6.08 Å². The lowest BCUT2D eigenvalue weighted by Crippen LogP contribution is -2.23. The molecular weight excluding hydrogens is 271 g/mol. The van der Waals surface area contributed by atoms with Gasteiger partial charge in [0, 0.05) is 12.0 Å². The summed E-state index contributed by atoms with van der Waals surface area (Å²) in [5, 5.41) is 0. The van der Waals surface area contributed by atoms with E-state index >= 15 is 0 Å². The second-order valence-corrected chi connectivity index (χ2v) is 4.06. The summed E-state index contributed by atoms with van der Waals surface area (Å²) < 4.78 is 70.8. The molecule has 0 spiro atoms. The van der Waals surface area contributed by atoms with Crippen LogP contribution < -0.4 is 0 Å². The van der Waals surface area contributed by atoms with Crippen LogP contribution in [-0.4, -0.2) is 5.97 Å². The van der Waals surface area contributed by atoms with Crippen LogP contribution in [0.25, 0.3) is 0 Å². The molecule has 1 aliphatic rings. The van der Waals surface area contributed by atoms with E-state index in [4.69, 9.17) is 0 Å². The molecule has 0 saturated carbocycles. The topological polar surface area (TPSA) is 26.3 Å². The van der Waals surface area contributed by atoms with E-state index in [1.54, 1.807) is 0 Å². The molecule has 1 aromatic rings. The summed E-state index contributed by atoms with van der Waals surface area (Å²) in [6.07, 6.45) is 0.740. The van der Waals surface area contributed by atoms with Crippen molar-refractivity contribution in [1.82, 2.24) is 0 Å². The van der Waals surface area contributed by atoms with E-state index in [1.807, 2.05) is 0 Å². The fraction of sp³-hybridized carbons (Fsp3) is 0.250. The number of benzene rings is 1. The molecule has 0 amide bonds. The first kappa shape index (κ1) is 13.5. The van der Waals surface area contributed by atoms with Crippen molar-refractivity contribution in [2.24, 2.45) is 5.92 Å². The largest absolute Gasteiger partial charge is 0.453 e. The molecule has 1 aromatic carbocycles. The van der Waals surface area contributed by atoms with Crippen LogP contribution in [-0.2, 0) is 9.53 Å². The fourth-order valence-electron chi connectivity index (χ4n) is 1.80. The average molecular weight is 278 g/mol. The number of esters is 1. The van der Waals surface area contributed by atoms with E-state index in [0.29, 0.717) is 0 Å². The van der Waals surface area contributed by atoms with E-state index in [-0.39, 0.29) is 0 Å². The number of rotatable bonds is 1. The van der Waals surface area contributed by atoms with Gasteiger partial charge in [-0.2, -0.15) is 0 Å². The number of hydrogen-bond acceptors (Lipinski definition) is 2. The van der Waals surface area contributed by atoms with E-state index in [2.05, 4.69) is 4.74 Å². The van der Waals surface area contributed by atoms with Crippen molar-refractivity contribution in [2.45, 2.75) is 13.0 Å². The van der Waals surface area contributed by atoms with Crippen molar-refractivity contribution in [1.29, 1.82) is 0 Å². The van der Waals surface area contributed by atoms with Crippen molar-refractivity contribution in [3.63, 3.8) is 0 Å². The van der Waals surface area contributed by atoms with Gasteiger partial charge in [0.15, 0.2) is 23.3 Å². The number of halogens is 5. The molecule has 0 unspecified atom stereocenters. The second-order valence-electron chi connectivity index (χ2n) is 4.06. The molecule has 0 N–H and O–H groups in total. The summed E-state index contributed by atoms with van der Waals surface area (Å²) in [4.78, 5) is 11.0. The molecule has 7 heteroatoms. The molecule has 102 valence electrons. The van der Waals surface area contributed by atoms with Crippen molar-refractivity contribution in [3.8, 4) is 0 Å². The fourth-order valence-corrected chi connectivity index (χ4v) is 1.80. The molecule has 0 radical (unpaired) electrons. The highest BCUT2D eigenvalue weighted by atomic mass is 19.2. The second kappa shape index (κ2) is 4.64. The Labute approximate surface area is 104 Å². The van der Waals surface area contributed by atoms with Crippen molar-refractivity contribution in [2.75, 3.05) is 0 Å². The van der Waals surface area contributed by atoms with Gasteiger partial charge < -0.3 is 4.74 Å². The van der Waals surface area contributed by atoms with Crippen molar-refractivity contribution < 1.29 is 31.5 Å². The lowest BCUT2D eigenvalue weighted by Gasteiger charge is -2.25. The van der Waals surface area contributed by atoms with Crippen LogP contribution in [0, 0.1) is 35.0 Å². The minimum Gasteiger partial charge on any atom is -0.453 e. The number of carbonyl (C=O) groups is 1. The Morgan fingerprint density at radius 1 is 0.947 bits per heavy atom. The Hall–Kier alpha value is -1.92. The summed E-state index contributed by atoms with van der Waals surface area (Å²) in [7, 11) is 0. The standard InChI is InChI=1S/C12H7F5O2/c1-4-2-3-5(18)19-12(4)6-7(13)9(15)11(17)10(16)8(6)14/h2-4,12H,1H3/t4-,12+/m0/s1. The van der Waals surface area contributed by atoms with E-state index in [1.165, 1.54) is 13.0 Å². The van der Waals surface area contributed by atoms with Gasteiger partial charge in [0.05, 0.1) is 5.56 Å². The van der Waals surface area contributed by atoms with Crippen LogP contribution in [0.15, 0.2) is 12.2 Å². The predicted octanol–water partition coefficient (Wildman–Crippen LogP) is 3.17. The maximum Gasteiger partial charge on any atom is 0.331 e. The lowest BCUT2D eigenvalue weighted by atomic mass is 9.94. The Morgan fingerprint density at radius 2 is 1.42 bits per heavy atom. The number of carbonyl (C=O) groups excluding carboxylic acids is 1. The lowest BCUT2D eigenvalue weighted by molar-refractivity contribution is -0.147. The quantitative estimate of drug-likeness (QED) is 0.341. The van der Waals surface area contributed by atoms with Gasteiger partial charge in [-0.15, -0.1) is 0 Å². The highest BCUT2D eigenvalue weighted by Gasteiger charge is 2.35. The molecule has 0 aliphatic carbocycles. The summed E-state index contributed by atoms with van der Waals surface area (Å²) in [5.41, 5.74) is -1.14. The smallest absolute Gasteiger partial charge is 0.331 e. The Bertz CT molecular complexity index is 553. The molecule has 1 heterocycles. The average Bonchev–Trinajstić information content (AvgIpc) is 2.38. The number of ether oxygens (including phenoxy) is 1. The third-order valence-electron chi connectivity index (χ3n) is 2.78. The van der Waals surface area contributed by atoms with Gasteiger partial charge in [-0.3, -0.25) is 0 Å².